The molecular weight excluding hydrogens is 364 g/mol. The maximum atomic E-state index is 12.9. The molecule has 0 heterocycles. The smallest absolute Gasteiger partial charge is 0.408 e. The Bertz CT molecular complexity index is 943. The van der Waals surface area contributed by atoms with Crippen LogP contribution in [0.3, 0.4) is 0 Å². The van der Waals surface area contributed by atoms with Crippen molar-refractivity contribution >= 4 is 17.7 Å². The van der Waals surface area contributed by atoms with Crippen LogP contribution in [-0.4, -0.2) is 18.0 Å². The van der Waals surface area contributed by atoms with E-state index in [1.165, 1.54) is 0 Å². The van der Waals surface area contributed by atoms with Crippen molar-refractivity contribution < 1.29 is 14.3 Å². The van der Waals surface area contributed by atoms with Crippen LogP contribution >= 0.6 is 0 Å². The number of rotatable bonds is 7. The van der Waals surface area contributed by atoms with Gasteiger partial charge in [0.1, 0.15) is 12.6 Å². The zero-order chi connectivity index (χ0) is 20.5. The van der Waals surface area contributed by atoms with Gasteiger partial charge in [-0.05, 0) is 35.7 Å². The SMILES string of the molecule is Cc1cccc(NC(=O)[C@H](Cc2ccccc2)NC(=O)OCc2ccccc2)c1. The fourth-order valence-electron chi connectivity index (χ4n) is 2.92. The van der Waals surface area contributed by atoms with Crippen LogP contribution in [0.4, 0.5) is 10.5 Å². The van der Waals surface area contributed by atoms with E-state index in [-0.39, 0.29) is 12.5 Å². The summed E-state index contributed by atoms with van der Waals surface area (Å²) in [4.78, 5) is 25.2. The lowest BCUT2D eigenvalue weighted by Crippen LogP contribution is -2.45. The van der Waals surface area contributed by atoms with E-state index in [1.54, 1.807) is 0 Å². The van der Waals surface area contributed by atoms with Gasteiger partial charge in [-0.2, -0.15) is 0 Å². The Hall–Kier alpha value is -3.60. The first kappa shape index (κ1) is 20.1. The van der Waals surface area contributed by atoms with E-state index < -0.39 is 12.1 Å². The molecule has 0 aliphatic carbocycles. The van der Waals surface area contributed by atoms with E-state index in [1.807, 2.05) is 91.9 Å². The minimum absolute atomic E-state index is 0.143. The fourth-order valence-corrected chi connectivity index (χ4v) is 2.92. The van der Waals surface area contributed by atoms with Crippen molar-refractivity contribution in [1.29, 1.82) is 0 Å². The molecule has 5 heteroatoms. The lowest BCUT2D eigenvalue weighted by molar-refractivity contribution is -0.118. The first-order chi connectivity index (χ1) is 14.1. The standard InChI is InChI=1S/C24H24N2O3/c1-18-9-8-14-21(15-18)25-23(27)22(16-19-10-4-2-5-11-19)26-24(28)29-17-20-12-6-3-7-13-20/h2-15,22H,16-17H2,1H3,(H,25,27)(H,26,28)/t22-/m0/s1. The van der Waals surface area contributed by atoms with Gasteiger partial charge in [0.15, 0.2) is 0 Å². The Morgan fingerprint density at radius 3 is 2.17 bits per heavy atom. The third-order valence-electron chi connectivity index (χ3n) is 4.39. The first-order valence-electron chi connectivity index (χ1n) is 9.49. The second kappa shape index (κ2) is 10.1. The predicted molar refractivity (Wildman–Crippen MR) is 114 cm³/mol. The molecule has 0 unspecified atom stereocenters. The number of carbonyl (C=O) groups excluding carboxylic acids is 2. The zero-order valence-corrected chi connectivity index (χ0v) is 16.3. The number of ether oxygens (including phenoxy) is 1. The molecule has 0 radical (unpaired) electrons. The summed E-state index contributed by atoms with van der Waals surface area (Å²) in [6.07, 6.45) is -0.270. The van der Waals surface area contributed by atoms with Gasteiger partial charge in [0.25, 0.3) is 0 Å². The molecule has 3 aromatic rings. The van der Waals surface area contributed by atoms with Crippen molar-refractivity contribution in [2.75, 3.05) is 5.32 Å². The summed E-state index contributed by atoms with van der Waals surface area (Å²) in [5.41, 5.74) is 3.55. The summed E-state index contributed by atoms with van der Waals surface area (Å²) in [6.45, 7) is 2.10. The quantitative estimate of drug-likeness (QED) is 0.627. The molecule has 0 saturated heterocycles. The van der Waals surface area contributed by atoms with E-state index in [4.69, 9.17) is 4.74 Å². The lowest BCUT2D eigenvalue weighted by Gasteiger charge is -2.19. The molecular formula is C24H24N2O3. The molecule has 5 nitrogen and oxygen atoms in total. The summed E-state index contributed by atoms with van der Waals surface area (Å²) in [5, 5.41) is 5.57. The number of alkyl carbamates (subject to hydrolysis) is 1. The highest BCUT2D eigenvalue weighted by Gasteiger charge is 2.22. The Morgan fingerprint density at radius 2 is 1.52 bits per heavy atom. The summed E-state index contributed by atoms with van der Waals surface area (Å²) in [5.74, 6) is -0.295. The van der Waals surface area contributed by atoms with Crippen molar-refractivity contribution in [3.63, 3.8) is 0 Å². The van der Waals surface area contributed by atoms with Gasteiger partial charge in [0.05, 0.1) is 0 Å². The molecule has 3 rings (SSSR count). The first-order valence-corrected chi connectivity index (χ1v) is 9.49. The molecule has 0 spiro atoms. The van der Waals surface area contributed by atoms with Crippen molar-refractivity contribution in [1.82, 2.24) is 5.32 Å². The third-order valence-corrected chi connectivity index (χ3v) is 4.39. The maximum absolute atomic E-state index is 12.9. The largest absolute Gasteiger partial charge is 0.445 e. The van der Waals surface area contributed by atoms with E-state index >= 15 is 0 Å². The molecule has 0 aliphatic heterocycles. The van der Waals surface area contributed by atoms with E-state index in [0.29, 0.717) is 12.1 Å². The summed E-state index contributed by atoms with van der Waals surface area (Å²) in [7, 11) is 0. The molecule has 0 aromatic heterocycles. The summed E-state index contributed by atoms with van der Waals surface area (Å²) >= 11 is 0. The number of hydrogen-bond donors (Lipinski definition) is 2. The molecule has 0 aliphatic rings. The third kappa shape index (κ3) is 6.50. The highest BCUT2D eigenvalue weighted by atomic mass is 16.5. The van der Waals surface area contributed by atoms with Crippen molar-refractivity contribution in [3.8, 4) is 0 Å². The molecule has 2 amide bonds. The van der Waals surface area contributed by atoms with Crippen molar-refractivity contribution in [2.45, 2.75) is 26.0 Å². The normalized spacial score (nSPS) is 11.3. The van der Waals surface area contributed by atoms with Gasteiger partial charge in [-0.1, -0.05) is 72.8 Å². The van der Waals surface area contributed by atoms with Gasteiger partial charge in [-0.25, -0.2) is 4.79 Å². The molecule has 0 bridgehead atoms. The van der Waals surface area contributed by atoms with Gasteiger partial charge in [0.2, 0.25) is 5.91 Å². The molecule has 2 N–H and O–H groups in total. The van der Waals surface area contributed by atoms with Gasteiger partial charge in [-0.3, -0.25) is 4.79 Å². The van der Waals surface area contributed by atoms with Crippen molar-refractivity contribution in [2.24, 2.45) is 0 Å². The van der Waals surface area contributed by atoms with Gasteiger partial charge >= 0.3 is 6.09 Å². The van der Waals surface area contributed by atoms with Crippen LogP contribution < -0.4 is 10.6 Å². The summed E-state index contributed by atoms with van der Waals surface area (Å²) < 4.78 is 5.29. The Labute approximate surface area is 170 Å². The van der Waals surface area contributed by atoms with Crippen LogP contribution in [0.25, 0.3) is 0 Å². The lowest BCUT2D eigenvalue weighted by atomic mass is 10.1. The number of benzene rings is 3. The highest BCUT2D eigenvalue weighted by Crippen LogP contribution is 2.12. The van der Waals surface area contributed by atoms with Gasteiger partial charge in [-0.15, -0.1) is 0 Å². The topological polar surface area (TPSA) is 67.4 Å². The van der Waals surface area contributed by atoms with Crippen LogP contribution in [0.2, 0.25) is 0 Å². The van der Waals surface area contributed by atoms with Crippen LogP contribution in [-0.2, 0) is 22.6 Å². The second-order valence-electron chi connectivity index (χ2n) is 6.81. The van der Waals surface area contributed by atoms with Crippen LogP contribution in [0.5, 0.6) is 0 Å². The number of nitrogens with one attached hydrogen (secondary N) is 2. The molecule has 1 atom stereocenters. The van der Waals surface area contributed by atoms with Crippen LogP contribution in [0, 0.1) is 6.92 Å². The fraction of sp³-hybridized carbons (Fsp3) is 0.167. The predicted octanol–water partition coefficient (Wildman–Crippen LogP) is 4.47. The summed E-state index contributed by atoms with van der Waals surface area (Å²) in [6, 6.07) is 25.7. The average molecular weight is 388 g/mol. The molecule has 148 valence electrons. The van der Waals surface area contributed by atoms with E-state index in [0.717, 1.165) is 16.7 Å². The van der Waals surface area contributed by atoms with Crippen molar-refractivity contribution in [3.05, 3.63) is 102 Å². The average Bonchev–Trinajstić information content (AvgIpc) is 2.73. The molecule has 0 fully saturated rings. The molecule has 0 saturated carbocycles. The van der Waals surface area contributed by atoms with Crippen LogP contribution in [0.1, 0.15) is 16.7 Å². The Balaban J connectivity index is 1.66. The van der Waals surface area contributed by atoms with E-state index in [2.05, 4.69) is 10.6 Å². The molecule has 3 aromatic carbocycles. The monoisotopic (exact) mass is 388 g/mol. The second-order valence-corrected chi connectivity index (χ2v) is 6.81. The minimum atomic E-state index is -0.763. The zero-order valence-electron chi connectivity index (χ0n) is 16.3. The minimum Gasteiger partial charge on any atom is -0.445 e. The number of carbonyl (C=O) groups is 2. The van der Waals surface area contributed by atoms with Crippen LogP contribution in [0.15, 0.2) is 84.9 Å². The Morgan fingerprint density at radius 1 is 0.862 bits per heavy atom. The number of hydrogen-bond acceptors (Lipinski definition) is 3. The maximum Gasteiger partial charge on any atom is 0.408 e. The highest BCUT2D eigenvalue weighted by molar-refractivity contribution is 5.96. The Kier molecular flexibility index (Phi) is 7.00. The number of anilines is 1. The molecule has 29 heavy (non-hydrogen) atoms. The van der Waals surface area contributed by atoms with E-state index in [9.17, 15) is 9.59 Å². The van der Waals surface area contributed by atoms with Gasteiger partial charge < -0.3 is 15.4 Å². The number of aryl methyl sites for hydroxylation is 1. The van der Waals surface area contributed by atoms with Gasteiger partial charge in [0, 0.05) is 12.1 Å². The number of amides is 2.